The first-order chi connectivity index (χ1) is 15.3. The highest BCUT2D eigenvalue weighted by atomic mass is 14.7. The molecule has 0 saturated heterocycles. The Morgan fingerprint density at radius 3 is 2.34 bits per heavy atom. The summed E-state index contributed by atoms with van der Waals surface area (Å²) in [5.74, 6) is 0.650. The van der Waals surface area contributed by atoms with Gasteiger partial charge in [0.15, 0.2) is 0 Å². The van der Waals surface area contributed by atoms with E-state index in [1.54, 1.807) is 0 Å². The van der Waals surface area contributed by atoms with Crippen molar-refractivity contribution < 1.29 is 0 Å². The summed E-state index contributed by atoms with van der Waals surface area (Å²) in [4.78, 5) is 5.25. The van der Waals surface area contributed by atoms with Gasteiger partial charge in [-0.25, -0.2) is 4.98 Å². The van der Waals surface area contributed by atoms with Gasteiger partial charge >= 0.3 is 0 Å². The van der Waals surface area contributed by atoms with E-state index in [0.29, 0.717) is 5.92 Å². The highest BCUT2D eigenvalue weighted by Crippen LogP contribution is 2.40. The molecular weight excluding hydrogens is 386 g/mol. The summed E-state index contributed by atoms with van der Waals surface area (Å²) in [6, 6.07) is 20.6. The van der Waals surface area contributed by atoms with E-state index >= 15 is 0 Å². The van der Waals surface area contributed by atoms with Crippen LogP contribution < -0.4 is 0 Å². The fourth-order valence-electron chi connectivity index (χ4n) is 5.75. The van der Waals surface area contributed by atoms with Crippen LogP contribution in [0.15, 0.2) is 54.6 Å². The average Bonchev–Trinajstić information content (AvgIpc) is 2.77. The van der Waals surface area contributed by atoms with Crippen LogP contribution in [0, 0.1) is 13.8 Å². The van der Waals surface area contributed by atoms with Gasteiger partial charge in [-0.15, -0.1) is 0 Å². The van der Waals surface area contributed by atoms with Gasteiger partial charge in [0.1, 0.15) is 0 Å². The summed E-state index contributed by atoms with van der Waals surface area (Å²) in [5, 5.41) is 4.04. The van der Waals surface area contributed by atoms with Gasteiger partial charge in [0.05, 0.1) is 11.2 Å². The fourth-order valence-corrected chi connectivity index (χ4v) is 5.75. The molecule has 0 N–H and O–H groups in total. The minimum Gasteiger partial charge on any atom is -0.248 e. The number of benzene rings is 3. The summed E-state index contributed by atoms with van der Waals surface area (Å²) in [7, 11) is 0. The summed E-state index contributed by atoms with van der Waals surface area (Å²) in [6.07, 6.45) is 6.68. The summed E-state index contributed by atoms with van der Waals surface area (Å²) in [5.41, 5.74) is 9.18. The lowest BCUT2D eigenvalue weighted by molar-refractivity contribution is 0.445. The molecule has 1 aliphatic rings. The lowest BCUT2D eigenvalue weighted by atomic mass is 9.80. The van der Waals surface area contributed by atoms with E-state index in [4.69, 9.17) is 4.98 Å². The molecule has 0 atom stereocenters. The van der Waals surface area contributed by atoms with Crippen LogP contribution in [0.1, 0.15) is 81.0 Å². The van der Waals surface area contributed by atoms with E-state index in [-0.39, 0.29) is 5.41 Å². The average molecular weight is 422 g/mol. The van der Waals surface area contributed by atoms with Crippen LogP contribution in [0.5, 0.6) is 0 Å². The molecule has 0 amide bonds. The Morgan fingerprint density at radius 2 is 1.59 bits per heavy atom. The predicted octanol–water partition coefficient (Wildman–Crippen LogP) is 9.02. The van der Waals surface area contributed by atoms with Crippen molar-refractivity contribution in [3.63, 3.8) is 0 Å². The molecule has 0 radical (unpaired) electrons. The first kappa shape index (κ1) is 21.2. The van der Waals surface area contributed by atoms with Gasteiger partial charge in [0.25, 0.3) is 0 Å². The fraction of sp³-hybridized carbons (Fsp3) is 0.387. The first-order valence-electron chi connectivity index (χ1n) is 12.3. The monoisotopic (exact) mass is 421 g/mol. The van der Waals surface area contributed by atoms with Gasteiger partial charge in [-0.1, -0.05) is 70.4 Å². The molecule has 3 aromatic carbocycles. The molecule has 1 saturated carbocycles. The van der Waals surface area contributed by atoms with E-state index in [1.807, 2.05) is 0 Å². The van der Waals surface area contributed by atoms with Crippen LogP contribution in [0.25, 0.3) is 32.9 Å². The standard InChI is InChI=1S/C31H35N/c1-20-15-21(2)30-26(22-11-7-6-8-12-22)19-28(32-29(30)16-20)24-17-23-13-9-10-14-25(23)27(18-24)31(3,4)5/h9-10,13-19,22H,6-8,11-12H2,1-5H3. The Labute approximate surface area is 192 Å². The summed E-state index contributed by atoms with van der Waals surface area (Å²) < 4.78 is 0. The van der Waals surface area contributed by atoms with Crippen molar-refractivity contribution in [3.8, 4) is 11.3 Å². The molecule has 4 aromatic rings. The molecule has 1 heterocycles. The molecular formula is C31H35N. The SMILES string of the molecule is Cc1cc(C)c2c(C3CCCCC3)cc(-c3cc(C(C)(C)C)c4ccccc4c3)nc2c1. The minimum atomic E-state index is 0.0752. The number of aromatic nitrogens is 1. The van der Waals surface area contributed by atoms with Crippen molar-refractivity contribution >= 4 is 21.7 Å². The Balaban J connectivity index is 1.79. The first-order valence-corrected chi connectivity index (χ1v) is 12.3. The molecule has 5 rings (SSSR count). The lowest BCUT2D eigenvalue weighted by Crippen LogP contribution is -2.12. The number of hydrogen-bond acceptors (Lipinski definition) is 1. The summed E-state index contributed by atoms with van der Waals surface area (Å²) in [6.45, 7) is 11.4. The molecule has 1 fully saturated rings. The maximum atomic E-state index is 5.25. The number of fused-ring (bicyclic) bond motifs is 2. The van der Waals surface area contributed by atoms with Crippen LogP contribution in [-0.2, 0) is 5.41 Å². The smallest absolute Gasteiger partial charge is 0.0717 e. The second-order valence-corrected chi connectivity index (χ2v) is 10.9. The van der Waals surface area contributed by atoms with E-state index in [2.05, 4.69) is 89.2 Å². The van der Waals surface area contributed by atoms with Crippen LogP contribution >= 0.6 is 0 Å². The molecule has 0 unspecified atom stereocenters. The van der Waals surface area contributed by atoms with Crippen molar-refractivity contribution in [3.05, 3.63) is 76.9 Å². The van der Waals surface area contributed by atoms with Crippen LogP contribution in [0.4, 0.5) is 0 Å². The van der Waals surface area contributed by atoms with Gasteiger partial charge < -0.3 is 0 Å². The zero-order valence-electron chi connectivity index (χ0n) is 20.3. The largest absolute Gasteiger partial charge is 0.248 e. The van der Waals surface area contributed by atoms with Crippen LogP contribution in [0.3, 0.4) is 0 Å². The zero-order valence-corrected chi connectivity index (χ0v) is 20.3. The Morgan fingerprint density at radius 1 is 0.844 bits per heavy atom. The Bertz CT molecular complexity index is 1300. The molecule has 1 aliphatic carbocycles. The van der Waals surface area contributed by atoms with E-state index in [9.17, 15) is 0 Å². The highest BCUT2D eigenvalue weighted by molar-refractivity contribution is 5.93. The molecule has 1 heteroatoms. The number of hydrogen-bond donors (Lipinski definition) is 0. The zero-order chi connectivity index (χ0) is 22.5. The molecule has 0 bridgehead atoms. The predicted molar refractivity (Wildman–Crippen MR) is 139 cm³/mol. The summed E-state index contributed by atoms with van der Waals surface area (Å²) >= 11 is 0. The van der Waals surface area contributed by atoms with E-state index in [0.717, 1.165) is 11.2 Å². The Hall–Kier alpha value is -2.67. The normalized spacial score (nSPS) is 15.5. The second kappa shape index (κ2) is 8.03. The van der Waals surface area contributed by atoms with E-state index in [1.165, 1.54) is 76.1 Å². The third-order valence-corrected chi connectivity index (χ3v) is 7.29. The molecule has 1 nitrogen and oxygen atoms in total. The number of rotatable bonds is 2. The van der Waals surface area contributed by atoms with Gasteiger partial charge in [-0.3, -0.25) is 0 Å². The van der Waals surface area contributed by atoms with Gasteiger partial charge in [0, 0.05) is 10.9 Å². The van der Waals surface area contributed by atoms with Crippen LogP contribution in [0.2, 0.25) is 0 Å². The maximum absolute atomic E-state index is 5.25. The lowest BCUT2D eigenvalue weighted by Gasteiger charge is -2.26. The number of pyridine rings is 1. The van der Waals surface area contributed by atoms with Crippen molar-refractivity contribution in [2.75, 3.05) is 0 Å². The second-order valence-electron chi connectivity index (χ2n) is 10.9. The minimum absolute atomic E-state index is 0.0752. The Kier molecular flexibility index (Phi) is 5.32. The highest BCUT2D eigenvalue weighted by Gasteiger charge is 2.22. The van der Waals surface area contributed by atoms with Gasteiger partial charge in [0.2, 0.25) is 0 Å². The van der Waals surface area contributed by atoms with Crippen molar-refractivity contribution in [1.82, 2.24) is 4.98 Å². The van der Waals surface area contributed by atoms with Gasteiger partial charge in [-0.05, 0) is 95.3 Å². The topological polar surface area (TPSA) is 12.9 Å². The quantitative estimate of drug-likeness (QED) is 0.314. The van der Waals surface area contributed by atoms with E-state index < -0.39 is 0 Å². The van der Waals surface area contributed by atoms with Crippen molar-refractivity contribution in [2.45, 2.75) is 78.1 Å². The number of nitrogens with zero attached hydrogens (tertiary/aromatic N) is 1. The van der Waals surface area contributed by atoms with Crippen molar-refractivity contribution in [2.24, 2.45) is 0 Å². The molecule has 164 valence electrons. The van der Waals surface area contributed by atoms with Crippen molar-refractivity contribution in [1.29, 1.82) is 0 Å². The molecule has 0 spiro atoms. The molecule has 32 heavy (non-hydrogen) atoms. The third-order valence-electron chi connectivity index (χ3n) is 7.29. The molecule has 0 aliphatic heterocycles. The van der Waals surface area contributed by atoms with Gasteiger partial charge in [-0.2, -0.15) is 0 Å². The maximum Gasteiger partial charge on any atom is 0.0717 e. The molecule has 1 aromatic heterocycles. The third kappa shape index (κ3) is 3.83. The number of aryl methyl sites for hydroxylation is 2. The van der Waals surface area contributed by atoms with Crippen LogP contribution in [-0.4, -0.2) is 4.98 Å².